The number of H-pyrrole nitrogens is 1. The first-order valence-corrected chi connectivity index (χ1v) is 13.9. The van der Waals surface area contributed by atoms with E-state index in [4.69, 9.17) is 16.3 Å². The molecule has 4 heterocycles. The molecule has 218 valence electrons. The van der Waals surface area contributed by atoms with Crippen molar-refractivity contribution in [2.45, 2.75) is 51.4 Å². The van der Waals surface area contributed by atoms with Crippen LogP contribution < -0.4 is 4.74 Å². The highest BCUT2D eigenvalue weighted by Gasteiger charge is 2.40. The van der Waals surface area contributed by atoms with Crippen molar-refractivity contribution >= 4 is 11.6 Å². The first-order valence-electron chi connectivity index (χ1n) is 13.5. The van der Waals surface area contributed by atoms with Crippen molar-refractivity contribution in [2.75, 3.05) is 26.2 Å². The maximum absolute atomic E-state index is 14.4. The molecule has 0 unspecified atom stereocenters. The molecule has 0 saturated carbocycles. The average molecular weight is 589 g/mol. The maximum atomic E-state index is 14.4. The molecule has 5 rings (SSSR count). The van der Waals surface area contributed by atoms with Gasteiger partial charge in [0.2, 0.25) is 0 Å². The second-order valence-electron chi connectivity index (χ2n) is 10.7. The summed E-state index contributed by atoms with van der Waals surface area (Å²) in [6, 6.07) is 6.99. The molecule has 1 aliphatic rings. The van der Waals surface area contributed by atoms with Gasteiger partial charge in [-0.15, -0.1) is 0 Å². The minimum Gasteiger partial charge on any atom is -0.491 e. The molecule has 0 spiro atoms. The standard InChI is InChI=1S/C29H32ClF3N6O2/c1-28(2,40)9-14-39-26(29(31,32)33)21(18-37-39)25-23(27-34-10-6-11-35-27)20(17-36-25)19-7-5-8-22(24(19)30)41-16-15-38-12-3-4-13-38/h5-8,10-11,17-18,36,40H,3-4,9,12-16H2,1-2H3. The van der Waals surface area contributed by atoms with Crippen LogP contribution in [0.2, 0.25) is 5.02 Å². The Kier molecular flexibility index (Phi) is 8.40. The fourth-order valence-corrected chi connectivity index (χ4v) is 5.33. The van der Waals surface area contributed by atoms with Crippen LogP contribution in [0.3, 0.4) is 0 Å². The zero-order chi connectivity index (χ0) is 29.2. The molecular weight excluding hydrogens is 557 g/mol. The summed E-state index contributed by atoms with van der Waals surface area (Å²) in [5.74, 6) is 0.717. The van der Waals surface area contributed by atoms with E-state index in [9.17, 15) is 18.3 Å². The summed E-state index contributed by atoms with van der Waals surface area (Å²) in [5.41, 5.74) is -0.639. The number of halogens is 4. The number of nitrogens with one attached hydrogen (secondary N) is 1. The number of aliphatic hydroxyl groups is 1. The lowest BCUT2D eigenvalue weighted by atomic mass is 9.98. The van der Waals surface area contributed by atoms with E-state index in [1.807, 2.05) is 0 Å². The van der Waals surface area contributed by atoms with Crippen LogP contribution in [-0.4, -0.2) is 66.6 Å². The van der Waals surface area contributed by atoms with Crippen LogP contribution in [0.5, 0.6) is 5.75 Å². The highest BCUT2D eigenvalue weighted by molar-refractivity contribution is 6.35. The fourth-order valence-electron chi connectivity index (χ4n) is 5.05. The normalized spacial score (nSPS) is 14.6. The first-order chi connectivity index (χ1) is 19.5. The van der Waals surface area contributed by atoms with Gasteiger partial charge in [0.25, 0.3) is 0 Å². The Morgan fingerprint density at radius 2 is 1.76 bits per heavy atom. The lowest BCUT2D eigenvalue weighted by molar-refractivity contribution is -0.144. The van der Waals surface area contributed by atoms with Gasteiger partial charge in [0.15, 0.2) is 11.5 Å². The maximum Gasteiger partial charge on any atom is 0.433 e. The number of alkyl halides is 3. The van der Waals surface area contributed by atoms with Gasteiger partial charge >= 0.3 is 6.18 Å². The van der Waals surface area contributed by atoms with Gasteiger partial charge in [-0.2, -0.15) is 18.3 Å². The van der Waals surface area contributed by atoms with Crippen LogP contribution in [0.25, 0.3) is 33.8 Å². The van der Waals surface area contributed by atoms with Crippen molar-refractivity contribution in [1.29, 1.82) is 0 Å². The molecule has 1 aliphatic heterocycles. The van der Waals surface area contributed by atoms with Gasteiger partial charge in [-0.3, -0.25) is 9.58 Å². The zero-order valence-corrected chi connectivity index (χ0v) is 23.6. The molecule has 0 bridgehead atoms. The lowest BCUT2D eigenvalue weighted by Crippen LogP contribution is -2.25. The monoisotopic (exact) mass is 588 g/mol. The number of likely N-dealkylation sites (tertiary alicyclic amines) is 1. The van der Waals surface area contributed by atoms with Gasteiger partial charge in [0.1, 0.15) is 12.4 Å². The van der Waals surface area contributed by atoms with Gasteiger partial charge in [-0.1, -0.05) is 23.7 Å². The number of rotatable bonds is 10. The van der Waals surface area contributed by atoms with E-state index in [1.165, 1.54) is 31.4 Å². The number of benzene rings is 1. The van der Waals surface area contributed by atoms with Crippen molar-refractivity contribution in [1.82, 2.24) is 29.6 Å². The second kappa shape index (κ2) is 11.8. The van der Waals surface area contributed by atoms with Crippen LogP contribution in [0.4, 0.5) is 13.2 Å². The molecule has 8 nitrogen and oxygen atoms in total. The third-order valence-electron chi connectivity index (χ3n) is 7.10. The Hall–Kier alpha value is -3.41. The summed E-state index contributed by atoms with van der Waals surface area (Å²) in [4.78, 5) is 14.1. The first kappa shape index (κ1) is 29.1. The minimum atomic E-state index is -4.72. The molecule has 4 aromatic rings. The van der Waals surface area contributed by atoms with Crippen molar-refractivity contribution < 1.29 is 23.0 Å². The summed E-state index contributed by atoms with van der Waals surface area (Å²) in [6.07, 6.45) is 3.57. The highest BCUT2D eigenvalue weighted by atomic mass is 35.5. The molecule has 2 N–H and O–H groups in total. The fraction of sp³-hybridized carbons (Fsp3) is 0.414. The van der Waals surface area contributed by atoms with Crippen molar-refractivity contribution in [3.8, 4) is 39.5 Å². The Morgan fingerprint density at radius 1 is 1.02 bits per heavy atom. The number of nitrogens with zero attached hydrogens (tertiary/aromatic N) is 5. The Balaban J connectivity index is 1.57. The summed E-state index contributed by atoms with van der Waals surface area (Å²) in [6.45, 7) is 6.33. The third-order valence-corrected chi connectivity index (χ3v) is 7.49. The molecule has 1 saturated heterocycles. The molecule has 0 amide bonds. The third kappa shape index (κ3) is 6.58. The van der Waals surface area contributed by atoms with Gasteiger partial charge < -0.3 is 14.8 Å². The summed E-state index contributed by atoms with van der Waals surface area (Å²) >= 11 is 6.83. The number of ether oxygens (including phenoxy) is 1. The number of aromatic nitrogens is 5. The predicted molar refractivity (Wildman–Crippen MR) is 151 cm³/mol. The van der Waals surface area contributed by atoms with Crippen molar-refractivity contribution in [2.24, 2.45) is 0 Å². The van der Waals surface area contributed by atoms with Crippen LogP contribution in [0.15, 0.2) is 49.1 Å². The van der Waals surface area contributed by atoms with Crippen LogP contribution in [-0.2, 0) is 12.7 Å². The molecule has 1 aromatic carbocycles. The van der Waals surface area contributed by atoms with Gasteiger partial charge in [0, 0.05) is 48.4 Å². The molecule has 3 aromatic heterocycles. The smallest absolute Gasteiger partial charge is 0.433 e. The SMILES string of the molecule is CC(C)(O)CCn1ncc(-c2[nH]cc(-c3cccc(OCCN4CCCC4)c3Cl)c2-c2ncccn2)c1C(F)(F)F. The van der Waals surface area contributed by atoms with Gasteiger partial charge in [0.05, 0.1) is 28.1 Å². The molecule has 0 atom stereocenters. The summed E-state index contributed by atoms with van der Waals surface area (Å²) in [7, 11) is 0. The molecule has 12 heteroatoms. The van der Waals surface area contributed by atoms with E-state index in [2.05, 4.69) is 25.0 Å². The van der Waals surface area contributed by atoms with E-state index in [-0.39, 0.29) is 30.0 Å². The topological polar surface area (TPSA) is 92.1 Å². The molecule has 0 radical (unpaired) electrons. The number of hydrogen-bond acceptors (Lipinski definition) is 6. The van der Waals surface area contributed by atoms with Gasteiger partial charge in [-0.05, 0) is 58.3 Å². The summed E-state index contributed by atoms with van der Waals surface area (Å²) < 4.78 is 50.3. The van der Waals surface area contributed by atoms with Crippen LogP contribution >= 0.6 is 11.6 Å². The van der Waals surface area contributed by atoms with E-state index in [1.54, 1.807) is 44.3 Å². The molecule has 1 fully saturated rings. The van der Waals surface area contributed by atoms with E-state index in [0.29, 0.717) is 34.1 Å². The van der Waals surface area contributed by atoms with E-state index in [0.717, 1.165) is 24.3 Å². The summed E-state index contributed by atoms with van der Waals surface area (Å²) in [5, 5.41) is 14.5. The van der Waals surface area contributed by atoms with E-state index < -0.39 is 17.5 Å². The average Bonchev–Trinajstić information content (AvgIpc) is 3.68. The number of aryl methyl sites for hydroxylation is 1. The van der Waals surface area contributed by atoms with Crippen LogP contribution in [0.1, 0.15) is 38.8 Å². The molecule has 0 aliphatic carbocycles. The largest absolute Gasteiger partial charge is 0.491 e. The molecular formula is C29H32ClF3N6O2. The Labute approximate surface area is 241 Å². The van der Waals surface area contributed by atoms with Gasteiger partial charge in [-0.25, -0.2) is 9.97 Å². The highest BCUT2D eigenvalue weighted by Crippen LogP contribution is 2.46. The van der Waals surface area contributed by atoms with Crippen molar-refractivity contribution in [3.05, 3.63) is 59.8 Å². The zero-order valence-electron chi connectivity index (χ0n) is 22.9. The predicted octanol–water partition coefficient (Wildman–Crippen LogP) is 6.31. The lowest BCUT2D eigenvalue weighted by Gasteiger charge is -2.19. The van der Waals surface area contributed by atoms with E-state index >= 15 is 0 Å². The van der Waals surface area contributed by atoms with Crippen LogP contribution in [0, 0.1) is 0 Å². The quantitative estimate of drug-likeness (QED) is 0.226. The minimum absolute atomic E-state index is 0.0853. The second-order valence-corrected chi connectivity index (χ2v) is 11.1. The Bertz CT molecular complexity index is 1470. The van der Waals surface area contributed by atoms with Crippen molar-refractivity contribution in [3.63, 3.8) is 0 Å². The molecule has 41 heavy (non-hydrogen) atoms. The number of aromatic amines is 1. The number of hydrogen-bond donors (Lipinski definition) is 2. The Morgan fingerprint density at radius 3 is 2.44 bits per heavy atom.